The predicted molar refractivity (Wildman–Crippen MR) is 100 cm³/mol. The number of ether oxygens (including phenoxy) is 2. The van der Waals surface area contributed by atoms with Crippen molar-refractivity contribution in [3.8, 4) is 33.7 Å². The van der Waals surface area contributed by atoms with Crippen LogP contribution in [0.1, 0.15) is 5.89 Å². The van der Waals surface area contributed by atoms with Crippen LogP contribution in [0.2, 0.25) is 0 Å². The lowest BCUT2D eigenvalue weighted by atomic mass is 10.2. The molecule has 0 radical (unpaired) electrons. The number of rotatable bonds is 7. The molecule has 0 bridgehead atoms. The summed E-state index contributed by atoms with van der Waals surface area (Å²) in [6.07, 6.45) is 0. The van der Waals surface area contributed by atoms with Gasteiger partial charge >= 0.3 is 0 Å². The minimum atomic E-state index is 0.392. The van der Waals surface area contributed by atoms with Crippen LogP contribution in [0.3, 0.4) is 0 Å². The van der Waals surface area contributed by atoms with Gasteiger partial charge in [0.15, 0.2) is 11.5 Å². The Labute approximate surface area is 162 Å². The Bertz CT molecular complexity index is 1030. The summed E-state index contributed by atoms with van der Waals surface area (Å²) in [5, 5.41) is 14.5. The number of benzene rings is 1. The van der Waals surface area contributed by atoms with Gasteiger partial charge in [0.2, 0.25) is 17.6 Å². The Morgan fingerprint density at radius 1 is 1.11 bits per heavy atom. The van der Waals surface area contributed by atoms with Crippen molar-refractivity contribution < 1.29 is 18.4 Å². The molecule has 10 heteroatoms. The highest BCUT2D eigenvalue weighted by molar-refractivity contribution is 7.98. The highest BCUT2D eigenvalue weighted by atomic mass is 32.2. The van der Waals surface area contributed by atoms with E-state index in [0.717, 1.165) is 10.4 Å². The second-order valence-electron chi connectivity index (χ2n) is 5.22. The zero-order valence-corrected chi connectivity index (χ0v) is 16.0. The molecule has 0 atom stereocenters. The van der Waals surface area contributed by atoms with E-state index in [1.165, 1.54) is 11.8 Å². The van der Waals surface area contributed by atoms with Gasteiger partial charge in [-0.3, -0.25) is 0 Å². The van der Waals surface area contributed by atoms with Gasteiger partial charge in [-0.15, -0.1) is 21.5 Å². The number of hydrogen-bond acceptors (Lipinski definition) is 10. The van der Waals surface area contributed by atoms with E-state index in [9.17, 15) is 0 Å². The first-order chi connectivity index (χ1) is 13.3. The fraction of sp³-hybridized carbons (Fsp3) is 0.176. The first kappa shape index (κ1) is 17.6. The monoisotopic (exact) mass is 402 g/mol. The average Bonchev–Trinajstić information content (AvgIpc) is 3.46. The summed E-state index contributed by atoms with van der Waals surface area (Å²) in [6, 6.07) is 9.29. The molecule has 0 saturated heterocycles. The van der Waals surface area contributed by atoms with Crippen LogP contribution in [0.25, 0.3) is 22.2 Å². The predicted octanol–water partition coefficient (Wildman–Crippen LogP) is 4.16. The number of thioether (sulfide) groups is 1. The molecule has 1 aromatic carbocycles. The van der Waals surface area contributed by atoms with E-state index in [-0.39, 0.29) is 0 Å². The van der Waals surface area contributed by atoms with E-state index in [4.69, 9.17) is 18.4 Å². The summed E-state index contributed by atoms with van der Waals surface area (Å²) in [7, 11) is 3.16. The SMILES string of the molecule is COc1ccc(-c2nnc(SCc3nc(-c4cccs4)no3)o2)cc1OC. The number of nitrogens with zero attached hydrogens (tertiary/aromatic N) is 4. The zero-order chi connectivity index (χ0) is 18.6. The second kappa shape index (κ2) is 7.80. The van der Waals surface area contributed by atoms with Crippen LogP contribution < -0.4 is 9.47 Å². The molecule has 0 fully saturated rings. The molecule has 0 amide bonds. The maximum atomic E-state index is 5.70. The quantitative estimate of drug-likeness (QED) is 0.422. The van der Waals surface area contributed by atoms with Crippen molar-refractivity contribution in [2.45, 2.75) is 11.0 Å². The molecule has 4 aromatic rings. The Kier molecular flexibility index (Phi) is 5.07. The topological polar surface area (TPSA) is 96.3 Å². The van der Waals surface area contributed by atoms with Gasteiger partial charge < -0.3 is 18.4 Å². The Morgan fingerprint density at radius 3 is 2.78 bits per heavy atom. The van der Waals surface area contributed by atoms with Crippen LogP contribution in [-0.2, 0) is 5.75 Å². The van der Waals surface area contributed by atoms with E-state index in [1.54, 1.807) is 37.7 Å². The molecule has 4 rings (SSSR count). The molecule has 0 unspecified atom stereocenters. The fourth-order valence-electron chi connectivity index (χ4n) is 2.30. The lowest BCUT2D eigenvalue weighted by Gasteiger charge is -2.07. The maximum Gasteiger partial charge on any atom is 0.277 e. The first-order valence-corrected chi connectivity index (χ1v) is 9.68. The third-order valence-electron chi connectivity index (χ3n) is 3.57. The van der Waals surface area contributed by atoms with Gasteiger partial charge in [-0.2, -0.15) is 4.98 Å². The van der Waals surface area contributed by atoms with Gasteiger partial charge in [0.05, 0.1) is 24.8 Å². The summed E-state index contributed by atoms with van der Waals surface area (Å²) < 4.78 is 21.5. The van der Waals surface area contributed by atoms with Crippen molar-refractivity contribution in [2.24, 2.45) is 0 Å². The van der Waals surface area contributed by atoms with Crippen LogP contribution in [0, 0.1) is 0 Å². The molecule has 0 spiro atoms. The van der Waals surface area contributed by atoms with Crippen molar-refractivity contribution in [3.05, 3.63) is 41.6 Å². The van der Waals surface area contributed by atoms with Crippen molar-refractivity contribution in [1.82, 2.24) is 20.3 Å². The van der Waals surface area contributed by atoms with Crippen LogP contribution in [0.4, 0.5) is 0 Å². The normalized spacial score (nSPS) is 10.9. The molecule has 0 aliphatic carbocycles. The average molecular weight is 402 g/mol. The fourth-order valence-corrected chi connectivity index (χ4v) is 3.55. The number of methoxy groups -OCH3 is 2. The van der Waals surface area contributed by atoms with E-state index in [1.807, 2.05) is 23.6 Å². The van der Waals surface area contributed by atoms with E-state index in [2.05, 4.69) is 20.3 Å². The smallest absolute Gasteiger partial charge is 0.277 e. The third-order valence-corrected chi connectivity index (χ3v) is 5.23. The largest absolute Gasteiger partial charge is 0.493 e. The Balaban J connectivity index is 1.44. The van der Waals surface area contributed by atoms with E-state index >= 15 is 0 Å². The number of aromatic nitrogens is 4. The second-order valence-corrected chi connectivity index (χ2v) is 7.09. The molecule has 0 aliphatic heterocycles. The number of thiophene rings is 1. The molecular weight excluding hydrogens is 388 g/mol. The van der Waals surface area contributed by atoms with Gasteiger partial charge in [0, 0.05) is 5.56 Å². The molecule has 27 heavy (non-hydrogen) atoms. The van der Waals surface area contributed by atoms with E-state index < -0.39 is 0 Å². The third kappa shape index (κ3) is 3.81. The van der Waals surface area contributed by atoms with Crippen LogP contribution in [0.5, 0.6) is 11.5 Å². The molecule has 138 valence electrons. The highest BCUT2D eigenvalue weighted by Gasteiger charge is 2.15. The van der Waals surface area contributed by atoms with Crippen LogP contribution in [0.15, 0.2) is 49.9 Å². The van der Waals surface area contributed by atoms with Gasteiger partial charge in [-0.25, -0.2) is 0 Å². The molecule has 3 aromatic heterocycles. The maximum absolute atomic E-state index is 5.70. The Morgan fingerprint density at radius 2 is 2.00 bits per heavy atom. The number of hydrogen-bond donors (Lipinski definition) is 0. The molecule has 3 heterocycles. The molecule has 0 N–H and O–H groups in total. The summed E-state index contributed by atoms with van der Waals surface area (Å²) in [5.74, 6) is 3.13. The lowest BCUT2D eigenvalue weighted by molar-refractivity contribution is 0.355. The summed E-state index contributed by atoms with van der Waals surface area (Å²) in [6.45, 7) is 0. The first-order valence-electron chi connectivity index (χ1n) is 7.82. The van der Waals surface area contributed by atoms with Crippen molar-refractivity contribution in [1.29, 1.82) is 0 Å². The van der Waals surface area contributed by atoms with Crippen LogP contribution >= 0.6 is 23.1 Å². The van der Waals surface area contributed by atoms with Gasteiger partial charge in [0.1, 0.15) is 0 Å². The van der Waals surface area contributed by atoms with Crippen molar-refractivity contribution in [2.75, 3.05) is 14.2 Å². The molecular formula is C17H14N4O4S2. The van der Waals surface area contributed by atoms with Gasteiger partial charge in [-0.05, 0) is 29.6 Å². The minimum absolute atomic E-state index is 0.392. The summed E-state index contributed by atoms with van der Waals surface area (Å²) in [4.78, 5) is 5.33. The van der Waals surface area contributed by atoms with E-state index in [0.29, 0.717) is 40.1 Å². The summed E-state index contributed by atoms with van der Waals surface area (Å²) in [5.41, 5.74) is 0.741. The zero-order valence-electron chi connectivity index (χ0n) is 14.4. The highest BCUT2D eigenvalue weighted by Crippen LogP contribution is 2.33. The molecule has 0 saturated carbocycles. The Hall–Kier alpha value is -2.85. The van der Waals surface area contributed by atoms with Crippen molar-refractivity contribution in [3.63, 3.8) is 0 Å². The minimum Gasteiger partial charge on any atom is -0.493 e. The summed E-state index contributed by atoms with van der Waals surface area (Å²) >= 11 is 2.89. The standard InChI is InChI=1S/C17H14N4O4S2/c1-22-11-6-5-10(8-12(11)23-2)16-19-20-17(24-16)27-9-14-18-15(21-25-14)13-4-3-7-26-13/h3-8H,9H2,1-2H3. The van der Waals surface area contributed by atoms with Gasteiger partial charge in [-0.1, -0.05) is 23.0 Å². The molecule has 0 aliphatic rings. The van der Waals surface area contributed by atoms with Crippen molar-refractivity contribution >= 4 is 23.1 Å². The molecule has 8 nitrogen and oxygen atoms in total. The lowest BCUT2D eigenvalue weighted by Crippen LogP contribution is -1.90. The van der Waals surface area contributed by atoms with Crippen LogP contribution in [-0.4, -0.2) is 34.6 Å². The van der Waals surface area contributed by atoms with Gasteiger partial charge in [0.25, 0.3) is 5.22 Å².